The van der Waals surface area contributed by atoms with Crippen LogP contribution in [0.3, 0.4) is 0 Å². The van der Waals surface area contributed by atoms with E-state index < -0.39 is 5.79 Å². The maximum atomic E-state index is 5.89. The predicted molar refractivity (Wildman–Crippen MR) is 86.4 cm³/mol. The van der Waals surface area contributed by atoms with E-state index in [4.69, 9.17) is 14.2 Å². The fourth-order valence-corrected chi connectivity index (χ4v) is 3.14. The summed E-state index contributed by atoms with van der Waals surface area (Å²) in [7, 11) is 0. The van der Waals surface area contributed by atoms with Gasteiger partial charge in [-0.25, -0.2) is 0 Å². The molecule has 3 rings (SSSR count). The summed E-state index contributed by atoms with van der Waals surface area (Å²) < 4.78 is 17.5. The van der Waals surface area contributed by atoms with E-state index in [1.807, 2.05) is 31.2 Å². The molecule has 0 radical (unpaired) electrons. The molecule has 0 spiro atoms. The summed E-state index contributed by atoms with van der Waals surface area (Å²) in [4.78, 5) is 2.55. The lowest BCUT2D eigenvalue weighted by Crippen LogP contribution is -3.00. The summed E-state index contributed by atoms with van der Waals surface area (Å²) in [5, 5.41) is 0. The number of benzene rings is 1. The molecule has 2 heterocycles. The molecule has 5 heteroatoms. The fraction of sp³-hybridized carbons (Fsp3) is 0.667. The van der Waals surface area contributed by atoms with Crippen LogP contribution in [0, 0.1) is 0 Å². The van der Waals surface area contributed by atoms with Crippen molar-refractivity contribution >= 4 is 0 Å². The van der Waals surface area contributed by atoms with Crippen molar-refractivity contribution in [2.75, 3.05) is 32.8 Å². The smallest absolute Gasteiger partial charge is 0.251 e. The molecule has 0 aromatic heterocycles. The molecule has 0 aliphatic carbocycles. The van der Waals surface area contributed by atoms with Gasteiger partial charge in [0.2, 0.25) is 0 Å². The van der Waals surface area contributed by atoms with Crippen LogP contribution in [0.1, 0.15) is 39.0 Å². The van der Waals surface area contributed by atoms with Gasteiger partial charge < -0.3 is 36.1 Å². The first kappa shape index (κ1) is 18.6. The third-order valence-electron chi connectivity index (χ3n) is 4.41. The van der Waals surface area contributed by atoms with Crippen LogP contribution >= 0.6 is 0 Å². The van der Waals surface area contributed by atoms with Crippen LogP contribution in [-0.4, -0.2) is 43.5 Å². The number of hydrogen-bond donors (Lipinski definition) is 0. The van der Waals surface area contributed by atoms with Gasteiger partial charge in [0.15, 0.2) is 11.5 Å². The zero-order valence-corrected chi connectivity index (χ0v) is 15.5. The highest BCUT2D eigenvalue weighted by atomic mass is 79.9. The fourth-order valence-electron chi connectivity index (χ4n) is 3.14. The van der Waals surface area contributed by atoms with Crippen molar-refractivity contribution in [2.45, 2.75) is 44.8 Å². The SMILES string of the molecule is CC1(CCOCCCN2CCCCC2)Oc2ccccc2O1.[Br-]. The Kier molecular flexibility index (Phi) is 7.18. The lowest BCUT2D eigenvalue weighted by molar-refractivity contribution is -0.0838. The molecule has 23 heavy (non-hydrogen) atoms. The maximum absolute atomic E-state index is 5.89. The van der Waals surface area contributed by atoms with Crippen molar-refractivity contribution in [3.8, 4) is 11.5 Å². The van der Waals surface area contributed by atoms with Crippen molar-refractivity contribution in [1.82, 2.24) is 4.90 Å². The standard InChI is InChI=1S/C18H27NO3.BrH/c1-18(21-16-8-3-4-9-17(16)22-18)10-15-20-14-7-13-19-11-5-2-6-12-19;/h3-4,8-9H,2,5-7,10-15H2,1H3;1H/p-1. The van der Waals surface area contributed by atoms with E-state index in [0.29, 0.717) is 6.61 Å². The van der Waals surface area contributed by atoms with Crippen LogP contribution in [-0.2, 0) is 4.74 Å². The highest BCUT2D eigenvalue weighted by Crippen LogP contribution is 2.40. The number of para-hydroxylation sites is 2. The van der Waals surface area contributed by atoms with Gasteiger partial charge in [-0.15, -0.1) is 0 Å². The average molecular weight is 385 g/mol. The molecule has 1 saturated heterocycles. The first-order chi connectivity index (χ1) is 10.8. The molecule has 0 amide bonds. The van der Waals surface area contributed by atoms with E-state index in [-0.39, 0.29) is 17.0 Å². The molecule has 1 fully saturated rings. The summed E-state index contributed by atoms with van der Waals surface area (Å²) in [6.07, 6.45) is 5.96. The minimum Gasteiger partial charge on any atom is -1.00 e. The first-order valence-electron chi connectivity index (χ1n) is 8.52. The second kappa shape index (κ2) is 8.90. The zero-order valence-electron chi connectivity index (χ0n) is 13.9. The number of rotatable bonds is 7. The van der Waals surface area contributed by atoms with Crippen LogP contribution in [0.25, 0.3) is 0 Å². The molecule has 0 saturated carbocycles. The van der Waals surface area contributed by atoms with Gasteiger partial charge in [-0.3, -0.25) is 0 Å². The number of nitrogens with zero attached hydrogens (tertiary/aromatic N) is 1. The molecular formula is C18H27BrNO3-. The quantitative estimate of drug-likeness (QED) is 0.639. The van der Waals surface area contributed by atoms with Crippen molar-refractivity contribution in [3.05, 3.63) is 24.3 Å². The van der Waals surface area contributed by atoms with E-state index in [9.17, 15) is 0 Å². The molecule has 0 N–H and O–H groups in total. The second-order valence-electron chi connectivity index (χ2n) is 6.40. The molecular weight excluding hydrogens is 358 g/mol. The second-order valence-corrected chi connectivity index (χ2v) is 6.40. The molecule has 0 bridgehead atoms. The lowest BCUT2D eigenvalue weighted by atomic mass is 10.1. The minimum atomic E-state index is -0.587. The Bertz CT molecular complexity index is 452. The van der Waals surface area contributed by atoms with Gasteiger partial charge in [-0.2, -0.15) is 0 Å². The van der Waals surface area contributed by atoms with Gasteiger partial charge >= 0.3 is 0 Å². The van der Waals surface area contributed by atoms with Crippen molar-refractivity contribution in [2.24, 2.45) is 0 Å². The van der Waals surface area contributed by atoms with E-state index >= 15 is 0 Å². The van der Waals surface area contributed by atoms with Gasteiger partial charge in [0.05, 0.1) is 6.61 Å². The summed E-state index contributed by atoms with van der Waals surface area (Å²) in [5.41, 5.74) is 0. The summed E-state index contributed by atoms with van der Waals surface area (Å²) in [5.74, 6) is 1.07. The van der Waals surface area contributed by atoms with Gasteiger partial charge in [0.25, 0.3) is 5.79 Å². The molecule has 1 aromatic rings. The molecule has 2 aliphatic rings. The Morgan fingerprint density at radius 2 is 1.70 bits per heavy atom. The average Bonchev–Trinajstić information content (AvgIpc) is 2.88. The zero-order chi connectivity index (χ0) is 15.3. The lowest BCUT2D eigenvalue weighted by Gasteiger charge is -2.26. The highest BCUT2D eigenvalue weighted by molar-refractivity contribution is 5.42. The number of likely N-dealkylation sites (tertiary alicyclic amines) is 1. The summed E-state index contributed by atoms with van der Waals surface area (Å²) >= 11 is 0. The third-order valence-corrected chi connectivity index (χ3v) is 4.41. The maximum Gasteiger partial charge on any atom is 0.251 e. The normalized spacial score (nSPS) is 19.3. The van der Waals surface area contributed by atoms with Gasteiger partial charge in [-0.1, -0.05) is 18.6 Å². The number of hydrogen-bond acceptors (Lipinski definition) is 4. The van der Waals surface area contributed by atoms with E-state index in [0.717, 1.165) is 37.5 Å². The highest BCUT2D eigenvalue weighted by Gasteiger charge is 2.36. The summed E-state index contributed by atoms with van der Waals surface area (Å²) in [6.45, 7) is 7.15. The molecule has 4 nitrogen and oxygen atoms in total. The number of halogens is 1. The number of ether oxygens (including phenoxy) is 3. The van der Waals surface area contributed by atoms with E-state index in [1.54, 1.807) is 0 Å². The molecule has 0 atom stereocenters. The van der Waals surface area contributed by atoms with Crippen LogP contribution in [0.4, 0.5) is 0 Å². The van der Waals surface area contributed by atoms with Crippen LogP contribution in [0.15, 0.2) is 24.3 Å². The first-order valence-corrected chi connectivity index (χ1v) is 8.52. The van der Waals surface area contributed by atoms with Crippen LogP contribution in [0.2, 0.25) is 0 Å². The number of piperidine rings is 1. The molecule has 0 unspecified atom stereocenters. The van der Waals surface area contributed by atoms with E-state index in [1.165, 1.54) is 32.4 Å². The Labute approximate surface area is 149 Å². The topological polar surface area (TPSA) is 30.9 Å². The van der Waals surface area contributed by atoms with Crippen LogP contribution in [0.5, 0.6) is 11.5 Å². The van der Waals surface area contributed by atoms with Gasteiger partial charge in [-0.05, 0) is 44.5 Å². The van der Waals surface area contributed by atoms with E-state index in [2.05, 4.69) is 4.90 Å². The Morgan fingerprint density at radius 1 is 1.04 bits per heavy atom. The van der Waals surface area contributed by atoms with Crippen molar-refractivity contribution in [3.63, 3.8) is 0 Å². The molecule has 2 aliphatic heterocycles. The molecule has 1 aromatic carbocycles. The molecule has 130 valence electrons. The third kappa shape index (κ3) is 5.37. The van der Waals surface area contributed by atoms with Gasteiger partial charge in [0.1, 0.15) is 0 Å². The largest absolute Gasteiger partial charge is 1.00 e. The Hall–Kier alpha value is -0.780. The summed E-state index contributed by atoms with van der Waals surface area (Å²) in [6, 6.07) is 7.82. The van der Waals surface area contributed by atoms with Gasteiger partial charge in [0, 0.05) is 26.5 Å². The number of fused-ring (bicyclic) bond motifs is 1. The monoisotopic (exact) mass is 384 g/mol. The predicted octanol–water partition coefficient (Wildman–Crippen LogP) is 0.461. The van der Waals surface area contributed by atoms with Crippen molar-refractivity contribution < 1.29 is 31.2 Å². The van der Waals surface area contributed by atoms with Crippen LogP contribution < -0.4 is 26.5 Å². The Morgan fingerprint density at radius 3 is 2.35 bits per heavy atom. The Balaban J connectivity index is 0.00000192. The van der Waals surface area contributed by atoms with Crippen molar-refractivity contribution in [1.29, 1.82) is 0 Å². The minimum absolute atomic E-state index is 0.